The van der Waals surface area contributed by atoms with Gasteiger partial charge in [-0.05, 0) is 25.0 Å². The monoisotopic (exact) mass is 293 g/mol. The molecule has 7 heteroatoms. The largest absolute Gasteiger partial charge is 0.491 e. The highest BCUT2D eigenvalue weighted by molar-refractivity contribution is 7.89. The molecule has 4 nitrogen and oxygen atoms in total. The molecule has 0 bridgehead atoms. The van der Waals surface area contributed by atoms with Gasteiger partial charge in [0.25, 0.3) is 0 Å². The first-order chi connectivity index (χ1) is 8.88. The SMILES string of the molecule is NS(=O)(=O)CCCCCCOc1ccc(F)cc1F. The summed E-state index contributed by atoms with van der Waals surface area (Å²) in [4.78, 5) is 0. The average molecular weight is 293 g/mol. The minimum absolute atomic E-state index is 0.0194. The zero-order valence-corrected chi connectivity index (χ0v) is 11.3. The fraction of sp³-hybridized carbons (Fsp3) is 0.500. The summed E-state index contributed by atoms with van der Waals surface area (Å²) in [7, 11) is -3.39. The quantitative estimate of drug-likeness (QED) is 0.747. The van der Waals surface area contributed by atoms with E-state index in [9.17, 15) is 17.2 Å². The fourth-order valence-electron chi connectivity index (χ4n) is 1.53. The van der Waals surface area contributed by atoms with Crippen LogP contribution in [0.5, 0.6) is 5.75 Å². The second-order valence-corrected chi connectivity index (χ2v) is 5.94. The Bertz CT molecular complexity index is 506. The van der Waals surface area contributed by atoms with Crippen LogP contribution in [0.15, 0.2) is 18.2 Å². The van der Waals surface area contributed by atoms with Gasteiger partial charge < -0.3 is 4.74 Å². The summed E-state index contributed by atoms with van der Waals surface area (Å²) in [5, 5.41) is 4.86. The first-order valence-electron chi connectivity index (χ1n) is 5.97. The summed E-state index contributed by atoms with van der Waals surface area (Å²) in [5.41, 5.74) is 0. The first kappa shape index (κ1) is 15.8. The third-order valence-electron chi connectivity index (χ3n) is 2.47. The highest BCUT2D eigenvalue weighted by Crippen LogP contribution is 2.17. The van der Waals surface area contributed by atoms with Crippen molar-refractivity contribution in [2.24, 2.45) is 5.14 Å². The van der Waals surface area contributed by atoms with Gasteiger partial charge in [0, 0.05) is 6.07 Å². The van der Waals surface area contributed by atoms with Gasteiger partial charge in [0.15, 0.2) is 11.6 Å². The van der Waals surface area contributed by atoms with Crippen LogP contribution in [0.1, 0.15) is 25.7 Å². The molecule has 0 spiro atoms. The lowest BCUT2D eigenvalue weighted by atomic mass is 10.2. The highest BCUT2D eigenvalue weighted by atomic mass is 32.2. The zero-order valence-electron chi connectivity index (χ0n) is 10.4. The first-order valence-corrected chi connectivity index (χ1v) is 7.68. The Balaban J connectivity index is 2.14. The van der Waals surface area contributed by atoms with E-state index in [1.54, 1.807) is 0 Å². The van der Waals surface area contributed by atoms with E-state index in [0.717, 1.165) is 18.6 Å². The molecule has 0 heterocycles. The van der Waals surface area contributed by atoms with Crippen molar-refractivity contribution in [3.8, 4) is 5.75 Å². The number of hydrogen-bond acceptors (Lipinski definition) is 3. The summed E-state index contributed by atoms with van der Waals surface area (Å²) in [6, 6.07) is 3.14. The molecule has 0 atom stereocenters. The average Bonchev–Trinajstić information content (AvgIpc) is 2.29. The number of primary sulfonamides is 1. The van der Waals surface area contributed by atoms with E-state index in [0.29, 0.717) is 25.9 Å². The van der Waals surface area contributed by atoms with Crippen molar-refractivity contribution in [2.45, 2.75) is 25.7 Å². The molecule has 1 rings (SSSR count). The molecule has 0 unspecified atom stereocenters. The number of hydrogen-bond donors (Lipinski definition) is 1. The Kier molecular flexibility index (Phi) is 6.17. The lowest BCUT2D eigenvalue weighted by Crippen LogP contribution is -2.16. The van der Waals surface area contributed by atoms with Crippen LogP contribution in [0, 0.1) is 11.6 Å². The molecule has 0 aliphatic rings. The molecule has 0 aliphatic heterocycles. The van der Waals surface area contributed by atoms with E-state index in [1.807, 2.05) is 0 Å². The fourth-order valence-corrected chi connectivity index (χ4v) is 2.14. The maximum Gasteiger partial charge on any atom is 0.209 e. The van der Waals surface area contributed by atoms with E-state index >= 15 is 0 Å². The Morgan fingerprint density at radius 3 is 2.42 bits per heavy atom. The van der Waals surface area contributed by atoms with Gasteiger partial charge in [-0.1, -0.05) is 12.8 Å². The van der Waals surface area contributed by atoms with Crippen molar-refractivity contribution in [1.29, 1.82) is 0 Å². The Morgan fingerprint density at radius 2 is 1.79 bits per heavy atom. The third kappa shape index (κ3) is 7.07. The van der Waals surface area contributed by atoms with Gasteiger partial charge in [-0.15, -0.1) is 0 Å². The van der Waals surface area contributed by atoms with Crippen molar-refractivity contribution in [3.05, 3.63) is 29.8 Å². The van der Waals surface area contributed by atoms with Gasteiger partial charge >= 0.3 is 0 Å². The van der Waals surface area contributed by atoms with Crippen LogP contribution in [0.4, 0.5) is 8.78 Å². The van der Waals surface area contributed by atoms with E-state index in [4.69, 9.17) is 9.88 Å². The van der Waals surface area contributed by atoms with Gasteiger partial charge in [0.05, 0.1) is 12.4 Å². The number of sulfonamides is 1. The number of unbranched alkanes of at least 4 members (excludes halogenated alkanes) is 3. The summed E-state index contributed by atoms with van der Waals surface area (Å²) >= 11 is 0. The summed E-state index contributed by atoms with van der Waals surface area (Å²) in [5.74, 6) is -1.38. The molecular formula is C12H17F2NO3S. The molecule has 0 aliphatic carbocycles. The molecule has 0 saturated carbocycles. The van der Waals surface area contributed by atoms with Crippen LogP contribution in [-0.4, -0.2) is 20.8 Å². The third-order valence-corrected chi connectivity index (χ3v) is 3.33. The molecule has 19 heavy (non-hydrogen) atoms. The smallest absolute Gasteiger partial charge is 0.209 e. The van der Waals surface area contributed by atoms with E-state index in [2.05, 4.69) is 0 Å². The molecule has 1 aromatic rings. The van der Waals surface area contributed by atoms with Crippen LogP contribution < -0.4 is 9.88 Å². The lowest BCUT2D eigenvalue weighted by Gasteiger charge is -2.07. The van der Waals surface area contributed by atoms with Gasteiger partial charge in [0.1, 0.15) is 5.82 Å². The van der Waals surface area contributed by atoms with Gasteiger partial charge in [-0.3, -0.25) is 0 Å². The summed E-state index contributed by atoms with van der Waals surface area (Å²) < 4.78 is 52.2. The molecule has 0 amide bonds. The number of ether oxygens (including phenoxy) is 1. The number of benzene rings is 1. The second kappa shape index (κ2) is 7.40. The molecule has 0 saturated heterocycles. The van der Waals surface area contributed by atoms with Crippen molar-refractivity contribution in [2.75, 3.05) is 12.4 Å². The Morgan fingerprint density at radius 1 is 1.11 bits per heavy atom. The van der Waals surface area contributed by atoms with Crippen molar-refractivity contribution in [1.82, 2.24) is 0 Å². The van der Waals surface area contributed by atoms with Crippen LogP contribution in [0.25, 0.3) is 0 Å². The standard InChI is InChI=1S/C12H17F2NO3S/c13-10-5-6-12(11(14)9-10)18-7-3-1-2-4-8-19(15,16)17/h5-6,9H,1-4,7-8H2,(H2,15,16,17). The van der Waals surface area contributed by atoms with Crippen LogP contribution in [0.2, 0.25) is 0 Å². The van der Waals surface area contributed by atoms with Crippen molar-refractivity contribution in [3.63, 3.8) is 0 Å². The lowest BCUT2D eigenvalue weighted by molar-refractivity contribution is 0.289. The normalized spacial score (nSPS) is 11.5. The predicted octanol–water partition coefficient (Wildman–Crippen LogP) is 2.19. The molecule has 108 valence electrons. The van der Waals surface area contributed by atoms with Crippen LogP contribution in [0.3, 0.4) is 0 Å². The predicted molar refractivity (Wildman–Crippen MR) is 68.3 cm³/mol. The van der Waals surface area contributed by atoms with Crippen molar-refractivity contribution < 1.29 is 21.9 Å². The molecular weight excluding hydrogens is 276 g/mol. The zero-order chi connectivity index (χ0) is 14.3. The molecule has 0 fully saturated rings. The highest BCUT2D eigenvalue weighted by Gasteiger charge is 2.05. The number of rotatable bonds is 8. The van der Waals surface area contributed by atoms with Gasteiger partial charge in [-0.25, -0.2) is 22.3 Å². The number of halogens is 2. The molecule has 2 N–H and O–H groups in total. The van der Waals surface area contributed by atoms with E-state index in [-0.39, 0.29) is 11.5 Å². The molecule has 0 radical (unpaired) electrons. The Labute approximate surface area is 111 Å². The summed E-state index contributed by atoms with van der Waals surface area (Å²) in [6.07, 6.45) is 2.65. The van der Waals surface area contributed by atoms with Gasteiger partial charge in [0.2, 0.25) is 10.0 Å². The van der Waals surface area contributed by atoms with Crippen LogP contribution >= 0.6 is 0 Å². The minimum atomic E-state index is -3.39. The maximum atomic E-state index is 13.2. The minimum Gasteiger partial charge on any atom is -0.491 e. The maximum absolute atomic E-state index is 13.2. The van der Waals surface area contributed by atoms with Crippen LogP contribution in [-0.2, 0) is 10.0 Å². The second-order valence-electron chi connectivity index (χ2n) is 4.20. The topological polar surface area (TPSA) is 69.4 Å². The van der Waals surface area contributed by atoms with Gasteiger partial charge in [-0.2, -0.15) is 0 Å². The van der Waals surface area contributed by atoms with E-state index in [1.165, 1.54) is 6.07 Å². The summed E-state index contributed by atoms with van der Waals surface area (Å²) in [6.45, 7) is 0.303. The van der Waals surface area contributed by atoms with Crippen molar-refractivity contribution >= 4 is 10.0 Å². The number of nitrogens with two attached hydrogens (primary N) is 1. The molecule has 0 aromatic heterocycles. The molecule has 1 aromatic carbocycles. The van der Waals surface area contributed by atoms with E-state index < -0.39 is 21.7 Å². The Hall–Kier alpha value is -1.21.